The molecule has 4 nitrogen and oxygen atoms in total. The molecular weight excluding hydrogens is 317 g/mol. The van der Waals surface area contributed by atoms with Crippen molar-refractivity contribution in [3.05, 3.63) is 70.6 Å². The van der Waals surface area contributed by atoms with Crippen molar-refractivity contribution >= 4 is 23.2 Å². The van der Waals surface area contributed by atoms with Gasteiger partial charge >= 0.3 is 0 Å². The highest BCUT2D eigenvalue weighted by atomic mass is 35.5. The van der Waals surface area contributed by atoms with Gasteiger partial charge in [-0.25, -0.2) is 4.39 Å². The minimum atomic E-state index is -0.487. The number of nitrogens with one attached hydrogen (secondary N) is 2. The summed E-state index contributed by atoms with van der Waals surface area (Å²) < 4.78 is 13.7. The van der Waals surface area contributed by atoms with Crippen molar-refractivity contribution in [2.24, 2.45) is 0 Å². The van der Waals surface area contributed by atoms with Gasteiger partial charge in [0.15, 0.2) is 0 Å². The summed E-state index contributed by atoms with van der Waals surface area (Å²) >= 11 is 5.94. The maximum absolute atomic E-state index is 13.7. The fourth-order valence-corrected chi connectivity index (χ4v) is 2.35. The van der Waals surface area contributed by atoms with E-state index in [0.717, 1.165) is 11.1 Å². The molecule has 0 fully saturated rings. The van der Waals surface area contributed by atoms with Gasteiger partial charge in [0.25, 0.3) is 5.91 Å². The van der Waals surface area contributed by atoms with Gasteiger partial charge in [-0.05, 0) is 42.8 Å². The van der Waals surface area contributed by atoms with Gasteiger partial charge in [-0.15, -0.1) is 0 Å². The van der Waals surface area contributed by atoms with Crippen molar-refractivity contribution in [2.45, 2.75) is 6.92 Å². The van der Waals surface area contributed by atoms with Crippen LogP contribution in [0, 0.1) is 12.7 Å². The van der Waals surface area contributed by atoms with Gasteiger partial charge in [-0.2, -0.15) is 5.10 Å². The number of hydrogen-bond donors (Lipinski definition) is 2. The van der Waals surface area contributed by atoms with E-state index in [1.54, 1.807) is 36.4 Å². The third kappa shape index (κ3) is 3.40. The van der Waals surface area contributed by atoms with E-state index >= 15 is 0 Å². The van der Waals surface area contributed by atoms with Crippen LogP contribution in [-0.2, 0) is 0 Å². The van der Waals surface area contributed by atoms with Gasteiger partial charge in [0.1, 0.15) is 11.5 Å². The summed E-state index contributed by atoms with van der Waals surface area (Å²) in [7, 11) is 0. The Hall–Kier alpha value is -2.66. The molecule has 3 aromatic rings. The third-order valence-corrected chi connectivity index (χ3v) is 3.55. The number of nitrogens with zero attached hydrogens (tertiary/aromatic N) is 1. The average Bonchev–Trinajstić information content (AvgIpc) is 3.01. The van der Waals surface area contributed by atoms with Crippen LogP contribution in [0.25, 0.3) is 11.3 Å². The lowest BCUT2D eigenvalue weighted by atomic mass is 10.1. The molecule has 0 spiro atoms. The summed E-state index contributed by atoms with van der Waals surface area (Å²) in [5, 5.41) is 9.86. The van der Waals surface area contributed by atoms with Crippen molar-refractivity contribution in [1.29, 1.82) is 0 Å². The first-order valence-corrected chi connectivity index (χ1v) is 7.29. The number of carbonyl (C=O) groups excluding carboxylic acids is 1. The quantitative estimate of drug-likeness (QED) is 0.746. The Kier molecular flexibility index (Phi) is 4.12. The summed E-state index contributed by atoms with van der Waals surface area (Å²) in [6.07, 6.45) is 0. The Morgan fingerprint density at radius 1 is 1.22 bits per heavy atom. The monoisotopic (exact) mass is 329 g/mol. The zero-order valence-electron chi connectivity index (χ0n) is 12.2. The van der Waals surface area contributed by atoms with Crippen molar-refractivity contribution < 1.29 is 9.18 Å². The molecule has 23 heavy (non-hydrogen) atoms. The molecule has 0 saturated carbocycles. The summed E-state index contributed by atoms with van der Waals surface area (Å²) in [5.41, 5.74) is 2.60. The van der Waals surface area contributed by atoms with Gasteiger partial charge < -0.3 is 5.32 Å². The van der Waals surface area contributed by atoms with Gasteiger partial charge in [-0.3, -0.25) is 9.89 Å². The van der Waals surface area contributed by atoms with E-state index in [4.69, 9.17) is 11.6 Å². The van der Waals surface area contributed by atoms with E-state index in [-0.39, 0.29) is 11.4 Å². The third-order valence-electron chi connectivity index (χ3n) is 3.31. The molecule has 0 aliphatic carbocycles. The van der Waals surface area contributed by atoms with Gasteiger partial charge in [-0.1, -0.05) is 29.8 Å². The Bertz CT molecular complexity index is 876. The maximum atomic E-state index is 13.7. The number of halogens is 2. The molecule has 1 aromatic heterocycles. The second kappa shape index (κ2) is 6.22. The first-order chi connectivity index (χ1) is 11.0. The minimum Gasteiger partial charge on any atom is -0.318 e. The zero-order chi connectivity index (χ0) is 16.4. The molecule has 1 heterocycles. The molecule has 6 heteroatoms. The summed E-state index contributed by atoms with van der Waals surface area (Å²) in [4.78, 5) is 12.2. The SMILES string of the molecule is Cc1ccc(F)c(NC(=O)c2cc(-c3cccc(Cl)c3)n[nH]2)c1. The number of aromatic amines is 1. The summed E-state index contributed by atoms with van der Waals surface area (Å²) in [6, 6.07) is 13.3. The highest BCUT2D eigenvalue weighted by Crippen LogP contribution is 2.22. The number of H-pyrrole nitrogens is 1. The Balaban J connectivity index is 1.82. The molecule has 0 unspecified atom stereocenters. The topological polar surface area (TPSA) is 57.8 Å². The number of amides is 1. The second-order valence-corrected chi connectivity index (χ2v) is 5.55. The number of hydrogen-bond acceptors (Lipinski definition) is 2. The fraction of sp³-hybridized carbons (Fsp3) is 0.0588. The number of aryl methyl sites for hydroxylation is 1. The van der Waals surface area contributed by atoms with Gasteiger partial charge in [0.2, 0.25) is 0 Å². The van der Waals surface area contributed by atoms with E-state index in [0.29, 0.717) is 10.7 Å². The molecule has 0 aliphatic rings. The summed E-state index contributed by atoms with van der Waals surface area (Å²) in [5.74, 6) is -0.950. The van der Waals surface area contributed by atoms with Crippen LogP contribution in [0.15, 0.2) is 48.5 Å². The highest BCUT2D eigenvalue weighted by molar-refractivity contribution is 6.30. The van der Waals surface area contributed by atoms with Gasteiger partial charge in [0, 0.05) is 10.6 Å². The number of anilines is 1. The predicted molar refractivity (Wildman–Crippen MR) is 88.1 cm³/mol. The lowest BCUT2D eigenvalue weighted by Crippen LogP contribution is -2.13. The first kappa shape index (κ1) is 15.2. The molecule has 0 bridgehead atoms. The van der Waals surface area contributed by atoms with E-state index < -0.39 is 11.7 Å². The van der Waals surface area contributed by atoms with Crippen LogP contribution in [-0.4, -0.2) is 16.1 Å². The summed E-state index contributed by atoms with van der Waals surface area (Å²) in [6.45, 7) is 1.82. The largest absolute Gasteiger partial charge is 0.318 e. The molecule has 116 valence electrons. The fourth-order valence-electron chi connectivity index (χ4n) is 2.16. The van der Waals surface area contributed by atoms with E-state index in [2.05, 4.69) is 15.5 Å². The van der Waals surface area contributed by atoms with Crippen molar-refractivity contribution in [3.63, 3.8) is 0 Å². The maximum Gasteiger partial charge on any atom is 0.273 e. The lowest BCUT2D eigenvalue weighted by Gasteiger charge is -2.05. The Morgan fingerprint density at radius 3 is 2.83 bits per heavy atom. The normalized spacial score (nSPS) is 10.6. The van der Waals surface area contributed by atoms with E-state index in [1.807, 2.05) is 13.0 Å². The van der Waals surface area contributed by atoms with Crippen LogP contribution in [0.2, 0.25) is 5.02 Å². The number of aromatic nitrogens is 2. The molecule has 0 atom stereocenters. The van der Waals surface area contributed by atoms with Crippen LogP contribution in [0.5, 0.6) is 0 Å². The van der Waals surface area contributed by atoms with E-state index in [9.17, 15) is 9.18 Å². The second-order valence-electron chi connectivity index (χ2n) is 5.11. The predicted octanol–water partition coefficient (Wildman–Crippen LogP) is 4.43. The standard InChI is InChI=1S/C17H13ClFN3O/c1-10-5-6-13(19)15(7-10)20-17(23)16-9-14(21-22-16)11-3-2-4-12(18)8-11/h2-9H,1H3,(H,20,23)(H,21,22). The van der Waals surface area contributed by atoms with Crippen LogP contribution in [0.3, 0.4) is 0 Å². The smallest absolute Gasteiger partial charge is 0.273 e. The van der Waals surface area contributed by atoms with Crippen LogP contribution in [0.1, 0.15) is 16.1 Å². The first-order valence-electron chi connectivity index (χ1n) is 6.92. The Morgan fingerprint density at radius 2 is 2.04 bits per heavy atom. The highest BCUT2D eigenvalue weighted by Gasteiger charge is 2.13. The Labute approximate surface area is 137 Å². The molecule has 3 rings (SSSR count). The minimum absolute atomic E-state index is 0.133. The molecule has 0 radical (unpaired) electrons. The molecule has 2 aromatic carbocycles. The van der Waals surface area contributed by atoms with Gasteiger partial charge in [0.05, 0.1) is 11.4 Å². The lowest BCUT2D eigenvalue weighted by molar-refractivity contribution is 0.102. The molecule has 2 N–H and O–H groups in total. The average molecular weight is 330 g/mol. The molecule has 1 amide bonds. The van der Waals surface area contributed by atoms with Crippen molar-refractivity contribution in [1.82, 2.24) is 10.2 Å². The van der Waals surface area contributed by atoms with Crippen molar-refractivity contribution in [3.8, 4) is 11.3 Å². The van der Waals surface area contributed by atoms with Crippen LogP contribution < -0.4 is 5.32 Å². The molecule has 0 saturated heterocycles. The zero-order valence-corrected chi connectivity index (χ0v) is 13.0. The number of benzene rings is 2. The molecule has 0 aliphatic heterocycles. The van der Waals surface area contributed by atoms with Crippen LogP contribution >= 0.6 is 11.6 Å². The van der Waals surface area contributed by atoms with E-state index in [1.165, 1.54) is 6.07 Å². The number of rotatable bonds is 3. The van der Waals surface area contributed by atoms with Crippen LogP contribution in [0.4, 0.5) is 10.1 Å². The number of carbonyl (C=O) groups is 1. The molecular formula is C17H13ClFN3O. The van der Waals surface area contributed by atoms with Crippen molar-refractivity contribution in [2.75, 3.05) is 5.32 Å².